The number of carboxylic acid groups (broad SMARTS) is 2. The Morgan fingerprint density at radius 2 is 1.25 bits per heavy atom. The zero-order valence-corrected chi connectivity index (χ0v) is 12.5. The molecule has 0 fully saturated rings. The molecule has 0 radical (unpaired) electrons. The molecule has 0 amide bonds. The second-order valence-corrected chi connectivity index (χ2v) is 4.69. The van der Waals surface area contributed by atoms with Crippen LogP contribution >= 0.6 is 0 Å². The van der Waals surface area contributed by atoms with E-state index in [2.05, 4.69) is 24.6 Å². The molecule has 0 spiro atoms. The summed E-state index contributed by atoms with van der Waals surface area (Å²) in [5.41, 5.74) is -0.338. The Labute approximate surface area is 138 Å². The molecule has 0 aromatic heterocycles. The number of benzene rings is 1. The van der Waals surface area contributed by atoms with E-state index in [1.54, 1.807) is 12.1 Å². The van der Waals surface area contributed by atoms with Crippen LogP contribution in [0.4, 0.5) is 0 Å². The summed E-state index contributed by atoms with van der Waals surface area (Å²) >= 11 is 0. The fraction of sp³-hybridized carbons (Fsp3) is 0.111. The summed E-state index contributed by atoms with van der Waals surface area (Å²) in [5, 5.41) is 38.0. The summed E-state index contributed by atoms with van der Waals surface area (Å²) in [7, 11) is 0. The lowest BCUT2D eigenvalue weighted by Gasteiger charge is -2.26. The van der Waals surface area contributed by atoms with Crippen LogP contribution in [0.3, 0.4) is 0 Å². The van der Waals surface area contributed by atoms with Crippen LogP contribution < -0.4 is 0 Å². The van der Waals surface area contributed by atoms with Crippen LogP contribution in [-0.2, 0) is 20.4 Å². The van der Waals surface area contributed by atoms with Gasteiger partial charge in [-0.3, -0.25) is 0 Å². The second-order valence-electron chi connectivity index (χ2n) is 4.69. The molecular formula is C18H12N2O4. The van der Waals surface area contributed by atoms with Crippen LogP contribution in [-0.4, -0.2) is 22.2 Å². The van der Waals surface area contributed by atoms with Gasteiger partial charge in [0.2, 0.25) is 10.8 Å². The molecule has 1 rings (SSSR count). The Hall–Kier alpha value is -3.82. The number of hydrogen-bond acceptors (Lipinski definition) is 4. The largest absolute Gasteiger partial charge is 0.480 e. The van der Waals surface area contributed by atoms with Crippen LogP contribution in [0, 0.1) is 22.7 Å². The summed E-state index contributed by atoms with van der Waals surface area (Å²) in [6, 6.07) is 8.69. The van der Waals surface area contributed by atoms with Crippen molar-refractivity contribution in [2.24, 2.45) is 0 Å². The van der Waals surface area contributed by atoms with Gasteiger partial charge < -0.3 is 10.2 Å². The number of nitriles is 2. The average Bonchev–Trinajstić information content (AvgIpc) is 2.57. The Bertz CT molecular complexity index is 796. The van der Waals surface area contributed by atoms with Crippen LogP contribution in [0.5, 0.6) is 0 Å². The molecule has 1 aromatic rings. The Balaban J connectivity index is 4.05. The van der Waals surface area contributed by atoms with E-state index < -0.39 is 22.8 Å². The molecule has 118 valence electrons. The molecular weight excluding hydrogens is 308 g/mol. The van der Waals surface area contributed by atoms with Crippen molar-refractivity contribution < 1.29 is 19.8 Å². The molecule has 0 saturated carbocycles. The van der Waals surface area contributed by atoms with Gasteiger partial charge in [-0.25, -0.2) is 9.59 Å². The van der Waals surface area contributed by atoms with Gasteiger partial charge in [0.25, 0.3) is 0 Å². The molecule has 0 saturated heterocycles. The van der Waals surface area contributed by atoms with Crippen molar-refractivity contribution in [2.45, 2.75) is 10.8 Å². The number of rotatable bonds is 6. The Morgan fingerprint density at radius 1 is 0.917 bits per heavy atom. The summed E-state index contributed by atoms with van der Waals surface area (Å²) in [6.45, 7) is 6.56. The van der Waals surface area contributed by atoms with Gasteiger partial charge in [0, 0.05) is 0 Å². The molecule has 24 heavy (non-hydrogen) atoms. The van der Waals surface area contributed by atoms with Crippen LogP contribution in [0.15, 0.2) is 61.0 Å². The predicted octanol–water partition coefficient (Wildman–Crippen LogP) is 2.06. The van der Waals surface area contributed by atoms with Gasteiger partial charge in [0.1, 0.15) is 0 Å². The molecule has 2 unspecified atom stereocenters. The standard InChI is InChI=1S/C18H12N2O4/c1-3-9-17(11-19,15(21)22)13-7-5-6-8-14(13)18(12-20,10-4-2)16(23)24/h5-10H,1-2H2,(H,21,22)(H,23,24). The maximum absolute atomic E-state index is 11.7. The van der Waals surface area contributed by atoms with Gasteiger partial charge in [-0.15, -0.1) is 11.5 Å². The Morgan fingerprint density at radius 3 is 1.46 bits per heavy atom. The van der Waals surface area contributed by atoms with Crippen molar-refractivity contribution in [2.75, 3.05) is 0 Å². The first kappa shape index (κ1) is 18.2. The van der Waals surface area contributed by atoms with Crippen molar-refractivity contribution >= 4 is 11.9 Å². The zero-order valence-electron chi connectivity index (χ0n) is 12.5. The minimum atomic E-state index is -2.25. The number of carboxylic acids is 2. The highest BCUT2D eigenvalue weighted by Crippen LogP contribution is 2.36. The van der Waals surface area contributed by atoms with E-state index in [-0.39, 0.29) is 11.1 Å². The molecule has 0 bridgehead atoms. The van der Waals surface area contributed by atoms with Gasteiger partial charge in [0.05, 0.1) is 12.1 Å². The SMILES string of the molecule is C=C=CC(C#N)(C(=O)O)c1ccccc1C(C#N)(C=C=C)C(=O)O. The third-order valence-electron chi connectivity index (χ3n) is 3.44. The first-order valence-corrected chi connectivity index (χ1v) is 6.49. The van der Waals surface area contributed by atoms with Gasteiger partial charge in [-0.2, -0.15) is 10.5 Å². The third kappa shape index (κ3) is 2.63. The highest BCUT2D eigenvalue weighted by Gasteiger charge is 2.47. The molecule has 6 heteroatoms. The maximum atomic E-state index is 11.7. The Kier molecular flexibility index (Phi) is 5.29. The predicted molar refractivity (Wildman–Crippen MR) is 83.7 cm³/mol. The lowest BCUT2D eigenvalue weighted by atomic mass is 9.71. The van der Waals surface area contributed by atoms with Crippen LogP contribution in [0.1, 0.15) is 11.1 Å². The molecule has 0 aliphatic rings. The topological polar surface area (TPSA) is 122 Å². The quantitative estimate of drug-likeness (QED) is 0.773. The first-order chi connectivity index (χ1) is 11.4. The summed E-state index contributed by atoms with van der Waals surface area (Å²) < 4.78 is 0. The van der Waals surface area contributed by atoms with Gasteiger partial charge in [-0.05, 0) is 23.3 Å². The van der Waals surface area contributed by atoms with E-state index in [0.29, 0.717) is 0 Å². The van der Waals surface area contributed by atoms with Gasteiger partial charge in [0.15, 0.2) is 0 Å². The number of hydrogen-bond donors (Lipinski definition) is 2. The average molecular weight is 320 g/mol. The smallest absolute Gasteiger partial charge is 0.333 e. The first-order valence-electron chi connectivity index (χ1n) is 6.49. The molecule has 6 nitrogen and oxygen atoms in total. The van der Waals surface area contributed by atoms with E-state index in [1.807, 2.05) is 0 Å². The third-order valence-corrected chi connectivity index (χ3v) is 3.44. The van der Waals surface area contributed by atoms with Gasteiger partial charge in [-0.1, -0.05) is 37.4 Å². The summed E-state index contributed by atoms with van der Waals surface area (Å²) in [4.78, 5) is 23.5. The molecule has 0 aliphatic carbocycles. The van der Waals surface area contributed by atoms with Crippen LogP contribution in [0.25, 0.3) is 0 Å². The number of carbonyl (C=O) groups is 2. The zero-order chi connectivity index (χ0) is 18.4. The van der Waals surface area contributed by atoms with Crippen molar-refractivity contribution in [1.82, 2.24) is 0 Å². The van der Waals surface area contributed by atoms with E-state index in [1.165, 1.54) is 24.3 Å². The second kappa shape index (κ2) is 6.96. The number of aliphatic carboxylic acids is 2. The fourth-order valence-electron chi connectivity index (χ4n) is 2.27. The molecule has 2 atom stereocenters. The minimum Gasteiger partial charge on any atom is -0.480 e. The number of nitrogens with zero attached hydrogens (tertiary/aromatic N) is 2. The minimum absolute atomic E-state index is 0.174. The highest BCUT2D eigenvalue weighted by atomic mass is 16.4. The van der Waals surface area contributed by atoms with E-state index >= 15 is 0 Å². The highest BCUT2D eigenvalue weighted by molar-refractivity contribution is 5.93. The molecule has 2 N–H and O–H groups in total. The maximum Gasteiger partial charge on any atom is 0.333 e. The van der Waals surface area contributed by atoms with Gasteiger partial charge >= 0.3 is 11.9 Å². The van der Waals surface area contributed by atoms with Crippen molar-refractivity contribution in [3.8, 4) is 12.1 Å². The fourth-order valence-corrected chi connectivity index (χ4v) is 2.27. The molecule has 1 aromatic carbocycles. The van der Waals surface area contributed by atoms with E-state index in [9.17, 15) is 30.3 Å². The summed E-state index contributed by atoms with van der Waals surface area (Å²) in [6.07, 6.45) is 1.82. The molecule has 0 aliphatic heterocycles. The van der Waals surface area contributed by atoms with E-state index in [0.717, 1.165) is 12.2 Å². The lowest BCUT2D eigenvalue weighted by Crippen LogP contribution is -2.39. The monoisotopic (exact) mass is 320 g/mol. The van der Waals surface area contributed by atoms with Crippen molar-refractivity contribution in [1.29, 1.82) is 10.5 Å². The summed E-state index contributed by atoms with van der Waals surface area (Å²) in [5.74, 6) is -3.10. The normalized spacial score (nSPS) is 14.2. The van der Waals surface area contributed by atoms with Crippen molar-refractivity contribution in [3.63, 3.8) is 0 Å². The van der Waals surface area contributed by atoms with E-state index in [4.69, 9.17) is 0 Å². The van der Waals surface area contributed by atoms with Crippen LogP contribution in [0.2, 0.25) is 0 Å². The lowest BCUT2D eigenvalue weighted by molar-refractivity contribution is -0.141. The van der Waals surface area contributed by atoms with Crippen molar-refractivity contribution in [3.05, 3.63) is 72.2 Å². The molecule has 0 heterocycles.